The van der Waals surface area contributed by atoms with Gasteiger partial charge in [-0.2, -0.15) is 0 Å². The maximum atomic E-state index is 8.89. The van der Waals surface area contributed by atoms with Gasteiger partial charge in [0.25, 0.3) is 0 Å². The van der Waals surface area contributed by atoms with Crippen molar-refractivity contribution < 1.29 is 37.2 Å². The Morgan fingerprint density at radius 1 is 1.89 bits per heavy atom. The van der Waals surface area contributed by atoms with E-state index < -0.39 is 5.97 Å². The molecule has 5 heteroatoms. The fourth-order valence-electron chi connectivity index (χ4n) is 0.0645. The zero-order valence-corrected chi connectivity index (χ0v) is 8.26. The van der Waals surface area contributed by atoms with Crippen LogP contribution in [0.3, 0.4) is 0 Å². The number of aliphatic carboxylic acids is 1. The zero-order chi connectivity index (χ0) is 7.70. The number of aliphatic hydroxyl groups excluding tert-OH is 1. The third-order valence-electron chi connectivity index (χ3n) is 0.236. The summed E-state index contributed by atoms with van der Waals surface area (Å²) < 4.78 is 4.57. The Kier molecular flexibility index (Phi) is 14.3. The van der Waals surface area contributed by atoms with Crippen LogP contribution in [0.4, 0.5) is 0 Å². The number of carbonyl (C=O) groups is 1. The van der Waals surface area contributed by atoms with Crippen molar-refractivity contribution in [3.8, 4) is 0 Å². The van der Waals surface area contributed by atoms with Gasteiger partial charge in [0.05, 0.1) is 0 Å². The molecule has 0 amide bonds. The van der Waals surface area contributed by atoms with Gasteiger partial charge < -0.3 is 9.90 Å². The standard InChI is InChI=1S/C2H4O2.C2H5O2.Zn/c1-2(3)4;3-1-2-4;/h1H3,(H,3,4);3H,1-2H2;/q;-1;+2/p-1. The molecule has 0 fully saturated rings. The van der Waals surface area contributed by atoms with Crippen molar-refractivity contribution in [3.63, 3.8) is 0 Å². The number of hydrogen-bond acceptors (Lipinski definition) is 4. The first kappa shape index (κ1) is 11.8. The van der Waals surface area contributed by atoms with Crippen LogP contribution >= 0.6 is 0 Å². The molecule has 0 aromatic carbocycles. The summed E-state index contributed by atoms with van der Waals surface area (Å²) in [4.78, 5) is 8.89. The molecule has 0 saturated carbocycles. The van der Waals surface area contributed by atoms with Crippen molar-refractivity contribution in [2.24, 2.45) is 0 Å². The molecule has 0 atom stereocenters. The summed E-state index contributed by atoms with van der Waals surface area (Å²) in [6, 6.07) is 0. The summed E-state index contributed by atoms with van der Waals surface area (Å²) in [6.45, 7) is 1.62. The molecule has 1 N–H and O–H groups in total. The van der Waals surface area contributed by atoms with E-state index in [1.807, 2.05) is 0 Å². The summed E-state index contributed by atoms with van der Waals surface area (Å²) in [7, 11) is 0. The molecule has 0 aromatic rings. The summed E-state index contributed by atoms with van der Waals surface area (Å²) in [5, 5.41) is 16.9. The van der Waals surface area contributed by atoms with Crippen LogP contribution in [0.25, 0.3) is 0 Å². The molecule has 50 valence electrons. The molecule has 0 aliphatic rings. The van der Waals surface area contributed by atoms with Crippen LogP contribution in [0.2, 0.25) is 0 Å². The van der Waals surface area contributed by atoms with E-state index >= 15 is 0 Å². The molecule has 9 heavy (non-hydrogen) atoms. The third kappa shape index (κ3) is 71.5. The van der Waals surface area contributed by atoms with E-state index in [-0.39, 0.29) is 6.61 Å². The van der Waals surface area contributed by atoms with Crippen LogP contribution in [0.5, 0.6) is 0 Å². The Labute approximate surface area is 63.9 Å². The van der Waals surface area contributed by atoms with Crippen LogP contribution in [0.1, 0.15) is 6.92 Å². The Morgan fingerprint density at radius 3 is 2.22 bits per heavy atom. The second-order valence-corrected chi connectivity index (χ2v) is 1.98. The Hall–Kier alpha value is 0.0134. The Balaban J connectivity index is 0. The number of hydrogen-bond donors (Lipinski definition) is 1. The van der Waals surface area contributed by atoms with E-state index in [0.29, 0.717) is 6.61 Å². The van der Waals surface area contributed by atoms with Crippen LogP contribution < -0.4 is 5.11 Å². The van der Waals surface area contributed by atoms with E-state index in [4.69, 9.17) is 15.0 Å². The quantitative estimate of drug-likeness (QED) is 0.516. The van der Waals surface area contributed by atoms with Gasteiger partial charge in [-0.15, -0.1) is 0 Å². The predicted molar refractivity (Wildman–Crippen MR) is 23.7 cm³/mol. The average molecular weight is 185 g/mol. The molecule has 4 nitrogen and oxygen atoms in total. The molecule has 0 aromatic heterocycles. The van der Waals surface area contributed by atoms with Gasteiger partial charge in [0.2, 0.25) is 0 Å². The van der Waals surface area contributed by atoms with Crippen LogP contribution in [-0.4, -0.2) is 24.3 Å². The van der Waals surface area contributed by atoms with E-state index in [2.05, 4.69) is 3.56 Å². The van der Waals surface area contributed by atoms with E-state index in [9.17, 15) is 0 Å². The van der Waals surface area contributed by atoms with Crippen molar-refractivity contribution in [2.75, 3.05) is 13.2 Å². The van der Waals surface area contributed by atoms with Crippen molar-refractivity contribution in [2.45, 2.75) is 6.92 Å². The van der Waals surface area contributed by atoms with Gasteiger partial charge >= 0.3 is 40.5 Å². The van der Waals surface area contributed by atoms with Gasteiger partial charge in [-0.1, -0.05) is 0 Å². The van der Waals surface area contributed by atoms with Gasteiger partial charge in [0, 0.05) is 5.97 Å². The van der Waals surface area contributed by atoms with Gasteiger partial charge in [0.1, 0.15) is 0 Å². The van der Waals surface area contributed by atoms with Crippen molar-refractivity contribution >= 4 is 5.97 Å². The second-order valence-electron chi connectivity index (χ2n) is 1.12. The van der Waals surface area contributed by atoms with Gasteiger partial charge in [-0.25, -0.2) is 0 Å². The SMILES string of the molecule is CC(=O)[O-].OCC[O][Zn+]. The van der Waals surface area contributed by atoms with Crippen molar-refractivity contribution in [1.82, 2.24) is 0 Å². The third-order valence-corrected chi connectivity index (χ3v) is 0.841. The number of carbonyl (C=O) groups excluding carboxylic acids is 1. The zero-order valence-electron chi connectivity index (χ0n) is 5.29. The Bertz CT molecular complexity index is 59.6. The van der Waals surface area contributed by atoms with Crippen LogP contribution in [0.15, 0.2) is 0 Å². The predicted octanol–water partition coefficient (Wildman–Crippen LogP) is -1.79. The molecule has 0 unspecified atom stereocenters. The average Bonchev–Trinajstić information content (AvgIpc) is 1.66. The van der Waals surface area contributed by atoms with Crippen LogP contribution in [0, 0.1) is 0 Å². The number of rotatable bonds is 2. The molecular formula is C4H8O4Zn. The molecular weight excluding hydrogens is 177 g/mol. The molecule has 0 heterocycles. The molecule has 0 spiro atoms. The van der Waals surface area contributed by atoms with E-state index in [1.54, 1.807) is 0 Å². The van der Waals surface area contributed by atoms with Crippen molar-refractivity contribution in [1.29, 1.82) is 0 Å². The number of carboxylic acid groups (broad SMARTS) is 1. The first-order valence-electron chi connectivity index (χ1n) is 2.30. The fourth-order valence-corrected chi connectivity index (χ4v) is 0.335. The topological polar surface area (TPSA) is 69.6 Å². The first-order valence-corrected chi connectivity index (χ1v) is 3.51. The van der Waals surface area contributed by atoms with E-state index in [0.717, 1.165) is 25.6 Å². The monoisotopic (exact) mass is 184 g/mol. The molecule has 0 aliphatic carbocycles. The fraction of sp³-hybridized carbons (Fsp3) is 0.750. The number of carboxylic acids is 1. The molecule has 0 bridgehead atoms. The maximum absolute atomic E-state index is 8.89. The molecule has 0 rings (SSSR count). The molecule has 0 saturated heterocycles. The van der Waals surface area contributed by atoms with Crippen LogP contribution in [-0.2, 0) is 27.0 Å². The summed E-state index contributed by atoms with van der Waals surface area (Å²) in [5.74, 6) is -1.08. The first-order chi connectivity index (χ1) is 4.15. The number of aliphatic hydroxyl groups is 1. The molecule has 0 radical (unpaired) electrons. The van der Waals surface area contributed by atoms with E-state index in [1.165, 1.54) is 0 Å². The molecule has 0 aliphatic heterocycles. The Morgan fingerprint density at radius 2 is 2.22 bits per heavy atom. The normalized spacial score (nSPS) is 7.56. The minimum absolute atomic E-state index is 0.153. The second kappa shape index (κ2) is 10.9. The summed E-state index contributed by atoms with van der Waals surface area (Å²) in [6.07, 6.45) is 0. The van der Waals surface area contributed by atoms with Crippen molar-refractivity contribution in [3.05, 3.63) is 0 Å². The van der Waals surface area contributed by atoms with Gasteiger partial charge in [-0.3, -0.25) is 0 Å². The minimum atomic E-state index is -1.08. The van der Waals surface area contributed by atoms with Gasteiger partial charge in [0.15, 0.2) is 0 Å². The summed E-state index contributed by atoms with van der Waals surface area (Å²) in [5.41, 5.74) is 0. The van der Waals surface area contributed by atoms with Gasteiger partial charge in [-0.05, 0) is 6.92 Å². The summed E-state index contributed by atoms with van der Waals surface area (Å²) >= 11 is 0.820.